The molecule has 0 amide bonds. The van der Waals surface area contributed by atoms with E-state index in [0.29, 0.717) is 18.8 Å². The zero-order valence-corrected chi connectivity index (χ0v) is 31.7. The number of benzene rings is 1. The molecular formula is C43H56NO6-. The van der Waals surface area contributed by atoms with Crippen LogP contribution >= 0.6 is 0 Å². The third-order valence-electron chi connectivity index (χ3n) is 15.0. The van der Waals surface area contributed by atoms with Crippen molar-refractivity contribution in [2.45, 2.75) is 149 Å². The molecule has 7 nitrogen and oxygen atoms in total. The number of aliphatic hydroxyl groups is 2. The van der Waals surface area contributed by atoms with E-state index < -0.39 is 40.6 Å². The van der Waals surface area contributed by atoms with Gasteiger partial charge in [0.2, 0.25) is 0 Å². The van der Waals surface area contributed by atoms with Crippen LogP contribution in [-0.4, -0.2) is 44.3 Å². The number of carbonyl (C=O) groups is 1. The van der Waals surface area contributed by atoms with E-state index in [1.54, 1.807) is 13.0 Å². The molecule has 7 heteroatoms. The van der Waals surface area contributed by atoms with Gasteiger partial charge >= 0.3 is 0 Å². The van der Waals surface area contributed by atoms with E-state index in [1.165, 1.54) is 38.9 Å². The Balaban J connectivity index is 1.28. The average molecular weight is 683 g/mol. The topological polar surface area (TPSA) is 115 Å². The number of rotatable bonds is 4. The lowest BCUT2D eigenvalue weighted by Crippen LogP contribution is -2.65. The van der Waals surface area contributed by atoms with Gasteiger partial charge in [-0.3, -0.25) is 0 Å². The highest BCUT2D eigenvalue weighted by Crippen LogP contribution is 2.73. The summed E-state index contributed by atoms with van der Waals surface area (Å²) in [4.78, 5) is 15.7. The van der Waals surface area contributed by atoms with Crippen molar-refractivity contribution in [1.82, 2.24) is 4.98 Å². The van der Waals surface area contributed by atoms with Crippen LogP contribution in [0.3, 0.4) is 0 Å². The predicted molar refractivity (Wildman–Crippen MR) is 193 cm³/mol. The number of carboxylic acids is 1. The van der Waals surface area contributed by atoms with E-state index >= 15 is 0 Å². The van der Waals surface area contributed by atoms with Crippen LogP contribution in [0, 0.1) is 28.6 Å². The second kappa shape index (κ2) is 10.5. The van der Waals surface area contributed by atoms with Gasteiger partial charge in [0.15, 0.2) is 5.79 Å². The summed E-state index contributed by atoms with van der Waals surface area (Å²) in [5.74, 6) is -1.99. The van der Waals surface area contributed by atoms with Crippen LogP contribution in [0.4, 0.5) is 0 Å². The van der Waals surface area contributed by atoms with Crippen molar-refractivity contribution in [2.24, 2.45) is 28.6 Å². The van der Waals surface area contributed by atoms with Crippen LogP contribution in [0.5, 0.6) is 0 Å². The van der Waals surface area contributed by atoms with Gasteiger partial charge < -0.3 is 34.6 Å². The zero-order valence-electron chi connectivity index (χ0n) is 31.7. The largest absolute Gasteiger partial charge is 0.545 e. The van der Waals surface area contributed by atoms with Crippen LogP contribution in [0.1, 0.15) is 135 Å². The molecule has 270 valence electrons. The molecule has 3 heterocycles. The Bertz CT molecular complexity index is 1920. The number of aliphatic hydroxyl groups excluding tert-OH is 1. The smallest absolute Gasteiger partial charge is 0.172 e. The number of nitrogens with one attached hydrogen (secondary N) is 1. The van der Waals surface area contributed by atoms with Crippen molar-refractivity contribution < 1.29 is 29.6 Å². The fourth-order valence-corrected chi connectivity index (χ4v) is 12.7. The summed E-state index contributed by atoms with van der Waals surface area (Å²) in [5.41, 5.74) is 8.12. The van der Waals surface area contributed by atoms with Gasteiger partial charge in [-0.25, -0.2) is 0 Å². The van der Waals surface area contributed by atoms with Crippen molar-refractivity contribution in [1.29, 1.82) is 0 Å². The number of aromatic nitrogens is 1. The minimum absolute atomic E-state index is 0.126. The summed E-state index contributed by atoms with van der Waals surface area (Å²) in [6.07, 6.45) is 10.8. The predicted octanol–water partition coefficient (Wildman–Crippen LogP) is 7.13. The molecule has 2 saturated carbocycles. The summed E-state index contributed by atoms with van der Waals surface area (Å²) < 4.78 is 12.9. The highest BCUT2D eigenvalue weighted by molar-refractivity contribution is 5.96. The molecule has 0 unspecified atom stereocenters. The molecule has 0 radical (unpaired) electrons. The third-order valence-corrected chi connectivity index (χ3v) is 15.0. The Morgan fingerprint density at radius 2 is 1.78 bits per heavy atom. The van der Waals surface area contributed by atoms with Crippen LogP contribution in [0.15, 0.2) is 35.4 Å². The van der Waals surface area contributed by atoms with E-state index in [2.05, 4.69) is 85.5 Å². The molecule has 2 aromatic rings. The fourth-order valence-electron chi connectivity index (χ4n) is 12.7. The van der Waals surface area contributed by atoms with Gasteiger partial charge in [0.05, 0.1) is 29.4 Å². The number of allylic oxidation sites excluding steroid dienone is 2. The molecule has 1 aromatic heterocycles. The SMILES string of the molecule is CC(C)=CCc1c2c(cc3c4c([nH]c13)[C@@]1(C)[C@@H](CC[C@@H]3[C@]1(C)CC[C@]1(O)O[C@H](/C=C(\C)C(=O)[O-])C[C@@]31C)C4)C1=CC(C)(C)OC(C)(C)[C@H]1[C@@H]2O. The molecule has 0 bridgehead atoms. The molecule has 1 saturated heterocycles. The maximum atomic E-state index is 12.2. The summed E-state index contributed by atoms with van der Waals surface area (Å²) in [6.45, 7) is 21.4. The van der Waals surface area contributed by atoms with Gasteiger partial charge in [-0.2, -0.15) is 0 Å². The Hall–Kier alpha value is -2.71. The van der Waals surface area contributed by atoms with Gasteiger partial charge in [-0.15, -0.1) is 0 Å². The van der Waals surface area contributed by atoms with Crippen molar-refractivity contribution in [2.75, 3.05) is 0 Å². The van der Waals surface area contributed by atoms with E-state index in [0.717, 1.165) is 43.2 Å². The minimum atomic E-state index is -1.31. The van der Waals surface area contributed by atoms with Gasteiger partial charge in [0, 0.05) is 39.8 Å². The summed E-state index contributed by atoms with van der Waals surface area (Å²) >= 11 is 0. The molecule has 50 heavy (non-hydrogen) atoms. The molecule has 3 N–H and O–H groups in total. The Kier molecular flexibility index (Phi) is 7.19. The van der Waals surface area contributed by atoms with Crippen molar-refractivity contribution in [3.63, 3.8) is 0 Å². The molecule has 4 aliphatic carbocycles. The van der Waals surface area contributed by atoms with Gasteiger partial charge in [0.25, 0.3) is 0 Å². The number of carboxylic acid groups (broad SMARTS) is 1. The highest BCUT2D eigenvalue weighted by Gasteiger charge is 2.72. The average Bonchev–Trinajstić information content (AvgIpc) is 3.67. The second-order valence-electron chi connectivity index (χ2n) is 18.9. The standard InChI is InChI=1S/C43H57NO6/c1-22(2)11-13-26-32-27(30-21-38(4,5)50-39(6,7)33(30)35(32)45)19-28-29-18-24-12-14-31-40(8,42(24,10)36(29)44-34(26)28)15-16-43(48)41(31,9)20-25(49-43)17-23(3)37(46)47/h11,17,19,21,24-25,31,33,35,44-45,48H,12-16,18,20H2,1-10H3,(H,46,47)/p-1/b23-17+/t24-,25+,31+,33+,35+,40-,41-,42+,43-/m0/s1. The number of fused-ring (bicyclic) bond motifs is 12. The van der Waals surface area contributed by atoms with Crippen LogP contribution in [-0.2, 0) is 32.5 Å². The highest BCUT2D eigenvalue weighted by atomic mass is 16.6. The number of hydrogen-bond donors (Lipinski definition) is 3. The monoisotopic (exact) mass is 682 g/mol. The number of aliphatic carboxylic acids is 1. The molecule has 2 aliphatic heterocycles. The lowest BCUT2D eigenvalue weighted by molar-refractivity contribution is -0.300. The first-order valence-corrected chi connectivity index (χ1v) is 18.9. The Morgan fingerprint density at radius 1 is 1.06 bits per heavy atom. The molecule has 6 aliphatic rings. The first-order valence-electron chi connectivity index (χ1n) is 18.9. The van der Waals surface area contributed by atoms with Gasteiger partial charge in [0.1, 0.15) is 0 Å². The maximum Gasteiger partial charge on any atom is 0.172 e. The lowest BCUT2D eigenvalue weighted by Gasteiger charge is -2.65. The fraction of sp³-hybridized carbons (Fsp3) is 0.651. The number of ether oxygens (including phenoxy) is 2. The minimum Gasteiger partial charge on any atom is -0.545 e. The van der Waals surface area contributed by atoms with Crippen molar-refractivity contribution in [3.05, 3.63) is 63.4 Å². The van der Waals surface area contributed by atoms with Crippen LogP contribution < -0.4 is 5.11 Å². The molecule has 9 atom stereocenters. The molecular weight excluding hydrogens is 626 g/mol. The normalized spacial score (nSPS) is 40.7. The Labute approximate surface area is 297 Å². The first kappa shape index (κ1) is 34.4. The maximum absolute atomic E-state index is 12.2. The number of hydrogen-bond acceptors (Lipinski definition) is 6. The molecule has 8 rings (SSSR count). The van der Waals surface area contributed by atoms with Gasteiger partial charge in [-0.1, -0.05) is 38.5 Å². The summed E-state index contributed by atoms with van der Waals surface area (Å²) in [5, 5.41) is 37.2. The quantitative estimate of drug-likeness (QED) is 0.234. The molecule has 3 fully saturated rings. The van der Waals surface area contributed by atoms with Crippen LogP contribution in [0.2, 0.25) is 0 Å². The second-order valence-corrected chi connectivity index (χ2v) is 18.9. The van der Waals surface area contributed by atoms with E-state index in [-0.39, 0.29) is 28.2 Å². The molecule has 1 aromatic carbocycles. The third kappa shape index (κ3) is 4.33. The van der Waals surface area contributed by atoms with Crippen molar-refractivity contribution >= 4 is 22.4 Å². The lowest BCUT2D eigenvalue weighted by atomic mass is 9.40. The Morgan fingerprint density at radius 3 is 2.46 bits per heavy atom. The zero-order chi connectivity index (χ0) is 36.1. The van der Waals surface area contributed by atoms with Gasteiger partial charge in [-0.05, 0) is 150 Å². The first-order chi connectivity index (χ1) is 23.2. The summed E-state index contributed by atoms with van der Waals surface area (Å²) in [7, 11) is 0. The van der Waals surface area contributed by atoms with E-state index in [1.807, 2.05) is 0 Å². The number of H-pyrrole nitrogens is 1. The number of aromatic amines is 1. The number of carbonyl (C=O) groups excluding carboxylic acids is 1. The molecule has 0 spiro atoms. The van der Waals surface area contributed by atoms with E-state index in [4.69, 9.17) is 9.47 Å². The summed E-state index contributed by atoms with van der Waals surface area (Å²) in [6, 6.07) is 2.39. The van der Waals surface area contributed by atoms with Crippen molar-refractivity contribution in [3.8, 4) is 0 Å². The van der Waals surface area contributed by atoms with E-state index in [9.17, 15) is 20.1 Å². The van der Waals surface area contributed by atoms with Crippen LogP contribution in [0.25, 0.3) is 16.5 Å².